The van der Waals surface area contributed by atoms with E-state index in [1.165, 1.54) is 23.9 Å². The van der Waals surface area contributed by atoms with Crippen LogP contribution in [-0.4, -0.2) is 11.1 Å². The molecule has 0 fully saturated rings. The number of aromatic carboxylic acids is 1. The van der Waals surface area contributed by atoms with Gasteiger partial charge in [-0.1, -0.05) is 0 Å². The monoisotopic (exact) mass is 194 g/mol. The van der Waals surface area contributed by atoms with Gasteiger partial charge < -0.3 is 9.84 Å². The number of carboxylic acid groups (broad SMARTS) is 1. The standard InChI is InChI=1S/C9H6O3S/c10-9(11)8-5-6-1-3-12-4-2-7(6)13-8/h1-5H,(H,10,11). The SMILES string of the molecule is O=C(O)c1cc2c(s1)C=COC=C2. The Bertz CT molecular complexity index is 371. The van der Waals surface area contributed by atoms with Gasteiger partial charge >= 0.3 is 5.97 Å². The van der Waals surface area contributed by atoms with Crippen LogP contribution in [0.1, 0.15) is 20.1 Å². The van der Waals surface area contributed by atoms with Crippen molar-refractivity contribution in [3.63, 3.8) is 0 Å². The maximum Gasteiger partial charge on any atom is 0.345 e. The van der Waals surface area contributed by atoms with Crippen LogP contribution in [0.3, 0.4) is 0 Å². The van der Waals surface area contributed by atoms with Gasteiger partial charge in [0.05, 0.1) is 12.5 Å². The first-order chi connectivity index (χ1) is 6.27. The zero-order valence-corrected chi connectivity index (χ0v) is 7.38. The van der Waals surface area contributed by atoms with E-state index in [0.29, 0.717) is 4.88 Å². The lowest BCUT2D eigenvalue weighted by Crippen LogP contribution is -1.89. The van der Waals surface area contributed by atoms with E-state index in [9.17, 15) is 4.79 Å². The lowest BCUT2D eigenvalue weighted by atomic mass is 10.2. The second-order valence-corrected chi connectivity index (χ2v) is 3.56. The van der Waals surface area contributed by atoms with Gasteiger partial charge in [0, 0.05) is 4.88 Å². The number of carboxylic acids is 1. The molecule has 2 rings (SSSR count). The van der Waals surface area contributed by atoms with E-state index in [0.717, 1.165) is 10.4 Å². The van der Waals surface area contributed by atoms with Crippen molar-refractivity contribution in [3.8, 4) is 0 Å². The first kappa shape index (κ1) is 8.07. The number of fused-ring (bicyclic) bond motifs is 1. The van der Waals surface area contributed by atoms with Crippen molar-refractivity contribution in [2.24, 2.45) is 0 Å². The molecule has 13 heavy (non-hydrogen) atoms. The van der Waals surface area contributed by atoms with Crippen LogP contribution in [0.2, 0.25) is 0 Å². The second-order valence-electron chi connectivity index (χ2n) is 2.48. The lowest BCUT2D eigenvalue weighted by molar-refractivity contribution is 0.0702. The fraction of sp³-hybridized carbons (Fsp3) is 0. The average molecular weight is 194 g/mol. The van der Waals surface area contributed by atoms with E-state index >= 15 is 0 Å². The van der Waals surface area contributed by atoms with Crippen molar-refractivity contribution < 1.29 is 14.6 Å². The maximum absolute atomic E-state index is 10.6. The average Bonchev–Trinajstić information content (AvgIpc) is 2.38. The smallest absolute Gasteiger partial charge is 0.345 e. The summed E-state index contributed by atoms with van der Waals surface area (Å²) in [4.78, 5) is 11.9. The third-order valence-electron chi connectivity index (χ3n) is 1.63. The molecule has 0 aromatic carbocycles. The van der Waals surface area contributed by atoms with Crippen molar-refractivity contribution in [2.75, 3.05) is 0 Å². The van der Waals surface area contributed by atoms with Gasteiger partial charge in [-0.2, -0.15) is 0 Å². The third-order valence-corrected chi connectivity index (χ3v) is 2.73. The molecule has 1 aromatic heterocycles. The van der Waals surface area contributed by atoms with E-state index < -0.39 is 5.97 Å². The van der Waals surface area contributed by atoms with E-state index in [2.05, 4.69) is 0 Å². The summed E-state index contributed by atoms with van der Waals surface area (Å²) in [7, 11) is 0. The quantitative estimate of drug-likeness (QED) is 0.746. The van der Waals surface area contributed by atoms with Crippen LogP contribution in [0.4, 0.5) is 0 Å². The van der Waals surface area contributed by atoms with E-state index in [4.69, 9.17) is 9.84 Å². The molecule has 0 amide bonds. The van der Waals surface area contributed by atoms with Crippen molar-refractivity contribution >= 4 is 29.5 Å². The molecule has 0 aliphatic carbocycles. The number of hydrogen-bond acceptors (Lipinski definition) is 3. The molecule has 3 nitrogen and oxygen atoms in total. The molecule has 66 valence electrons. The highest BCUT2D eigenvalue weighted by atomic mass is 32.1. The normalized spacial score (nSPS) is 13.2. The van der Waals surface area contributed by atoms with Crippen LogP contribution in [0.25, 0.3) is 12.2 Å². The number of ether oxygens (including phenoxy) is 1. The summed E-state index contributed by atoms with van der Waals surface area (Å²) in [5, 5.41) is 8.74. The summed E-state index contributed by atoms with van der Waals surface area (Å²) in [5.41, 5.74) is 0.885. The Morgan fingerprint density at radius 1 is 1.38 bits per heavy atom. The van der Waals surface area contributed by atoms with Gasteiger partial charge in [-0.25, -0.2) is 4.79 Å². The summed E-state index contributed by atoms with van der Waals surface area (Å²) in [6, 6.07) is 1.64. The van der Waals surface area contributed by atoms with Gasteiger partial charge in [0.15, 0.2) is 0 Å². The van der Waals surface area contributed by atoms with Crippen molar-refractivity contribution in [3.05, 3.63) is 33.9 Å². The van der Waals surface area contributed by atoms with Crippen molar-refractivity contribution in [1.29, 1.82) is 0 Å². The fourth-order valence-corrected chi connectivity index (χ4v) is 1.92. The van der Waals surface area contributed by atoms with E-state index in [1.807, 2.05) is 0 Å². The summed E-state index contributed by atoms with van der Waals surface area (Å²) >= 11 is 1.24. The highest BCUT2D eigenvalue weighted by Gasteiger charge is 2.11. The lowest BCUT2D eigenvalue weighted by Gasteiger charge is -1.84. The molecule has 1 aromatic rings. The topological polar surface area (TPSA) is 46.5 Å². The van der Waals surface area contributed by atoms with Crippen LogP contribution >= 0.6 is 11.3 Å². The minimum absolute atomic E-state index is 0.348. The molecule has 1 N–H and O–H groups in total. The molecule has 0 atom stereocenters. The van der Waals surface area contributed by atoms with Gasteiger partial charge in [0.25, 0.3) is 0 Å². The summed E-state index contributed by atoms with van der Waals surface area (Å²) < 4.78 is 4.93. The second kappa shape index (κ2) is 3.06. The Labute approximate surface area is 78.6 Å². The van der Waals surface area contributed by atoms with Crippen molar-refractivity contribution in [2.45, 2.75) is 0 Å². The number of thiophene rings is 1. The molecule has 1 aliphatic heterocycles. The zero-order valence-electron chi connectivity index (χ0n) is 6.56. The molecule has 0 saturated carbocycles. The Kier molecular flexibility index (Phi) is 1.90. The molecular formula is C9H6O3S. The summed E-state index contributed by atoms with van der Waals surface area (Å²) in [6.45, 7) is 0. The number of carbonyl (C=O) groups is 1. The summed E-state index contributed by atoms with van der Waals surface area (Å²) in [5.74, 6) is -0.888. The molecular weight excluding hydrogens is 188 g/mol. The Balaban J connectivity index is 2.50. The van der Waals surface area contributed by atoms with E-state index in [-0.39, 0.29) is 0 Å². The largest absolute Gasteiger partial charge is 0.477 e. The fourth-order valence-electron chi connectivity index (χ4n) is 1.04. The predicted molar refractivity (Wildman–Crippen MR) is 50.4 cm³/mol. The van der Waals surface area contributed by atoms with Crippen molar-refractivity contribution in [1.82, 2.24) is 0 Å². The third kappa shape index (κ3) is 1.48. The maximum atomic E-state index is 10.6. The molecule has 0 bridgehead atoms. The van der Waals surface area contributed by atoms with Crippen LogP contribution in [0.15, 0.2) is 18.6 Å². The molecule has 0 spiro atoms. The van der Waals surface area contributed by atoms with Gasteiger partial charge in [-0.15, -0.1) is 11.3 Å². The number of hydrogen-bond donors (Lipinski definition) is 1. The highest BCUT2D eigenvalue weighted by Crippen LogP contribution is 2.26. The molecule has 0 unspecified atom stereocenters. The summed E-state index contributed by atoms with van der Waals surface area (Å²) in [6.07, 6.45) is 6.57. The Hall–Kier alpha value is -1.55. The minimum atomic E-state index is -0.888. The highest BCUT2D eigenvalue weighted by molar-refractivity contribution is 7.15. The molecule has 0 radical (unpaired) electrons. The van der Waals surface area contributed by atoms with Crippen LogP contribution < -0.4 is 0 Å². The molecule has 2 heterocycles. The van der Waals surface area contributed by atoms with Crippen LogP contribution in [0, 0.1) is 0 Å². The molecule has 4 heteroatoms. The van der Waals surface area contributed by atoms with Gasteiger partial charge in [0.1, 0.15) is 4.88 Å². The van der Waals surface area contributed by atoms with Gasteiger partial charge in [0.2, 0.25) is 0 Å². The predicted octanol–water partition coefficient (Wildman–Crippen LogP) is 2.42. The Morgan fingerprint density at radius 3 is 2.92 bits per heavy atom. The molecule has 1 aliphatic rings. The van der Waals surface area contributed by atoms with Gasteiger partial charge in [-0.05, 0) is 23.8 Å². The van der Waals surface area contributed by atoms with Crippen LogP contribution in [-0.2, 0) is 4.74 Å². The van der Waals surface area contributed by atoms with Crippen LogP contribution in [0.5, 0.6) is 0 Å². The molecule has 0 saturated heterocycles. The van der Waals surface area contributed by atoms with Gasteiger partial charge in [-0.3, -0.25) is 0 Å². The Morgan fingerprint density at radius 2 is 2.15 bits per heavy atom. The zero-order chi connectivity index (χ0) is 9.26. The van der Waals surface area contributed by atoms with E-state index in [1.54, 1.807) is 18.2 Å². The minimum Gasteiger partial charge on any atom is -0.477 e. The number of rotatable bonds is 1. The first-order valence-corrected chi connectivity index (χ1v) is 4.45. The first-order valence-electron chi connectivity index (χ1n) is 3.63.